The molecule has 0 aliphatic rings. The maximum absolute atomic E-state index is 13.0. The van der Waals surface area contributed by atoms with Crippen LogP contribution in [-0.4, -0.2) is 198 Å². The zero-order chi connectivity index (χ0) is 34.0. The maximum Gasteiger partial charge on any atom is 0.240 e. The molecule has 0 saturated heterocycles. The molecule has 18 nitrogen and oxygen atoms in total. The highest BCUT2D eigenvalue weighted by Crippen LogP contribution is 2.04. The van der Waals surface area contributed by atoms with Crippen molar-refractivity contribution in [2.75, 3.05) is 98.1 Å². The van der Waals surface area contributed by atoms with Crippen LogP contribution in [0, 0.1) is 0 Å². The summed E-state index contributed by atoms with van der Waals surface area (Å²) in [5.74, 6) is -1.62. The van der Waals surface area contributed by atoms with Gasteiger partial charge in [0.25, 0.3) is 0 Å². The van der Waals surface area contributed by atoms with Crippen molar-refractivity contribution < 1.29 is 74.2 Å². The Kier molecular flexibility index (Phi) is 26.4. The van der Waals surface area contributed by atoms with E-state index < -0.39 is 120 Å². The number of thiol groups is 1. The molecular weight excluding hydrogens is 626 g/mol. The summed E-state index contributed by atoms with van der Waals surface area (Å²) >= 11 is 4.09. The van der Waals surface area contributed by atoms with E-state index in [0.717, 1.165) is 4.90 Å². The van der Waals surface area contributed by atoms with E-state index >= 15 is 0 Å². The maximum atomic E-state index is 13.0. The van der Waals surface area contributed by atoms with Gasteiger partial charge < -0.3 is 75.3 Å². The molecule has 0 aliphatic carbocycles. The Morgan fingerprint density at radius 2 is 0.844 bits per heavy atom. The van der Waals surface area contributed by atoms with Crippen LogP contribution >= 0.6 is 12.6 Å². The highest BCUT2D eigenvalue weighted by atomic mass is 32.1. The number of nitrogens with zero attached hydrogens (tertiary/aromatic N) is 1. The first-order valence-corrected chi connectivity index (χ1v) is 15.1. The highest BCUT2D eigenvalue weighted by Gasteiger charge is 2.25. The van der Waals surface area contributed by atoms with Crippen LogP contribution in [0.15, 0.2) is 0 Å². The summed E-state index contributed by atoms with van der Waals surface area (Å²) in [5, 5.41) is 79.3. The number of aliphatic hydroxyl groups is 8. The number of amides is 3. The average Bonchev–Trinajstić information content (AvgIpc) is 3.04. The minimum atomic E-state index is -0.949. The van der Waals surface area contributed by atoms with Gasteiger partial charge in [0.2, 0.25) is 17.7 Å². The second-order valence-electron chi connectivity index (χ2n) is 9.89. The molecular formula is C26H51N3O15S. The number of rotatable bonds is 29. The lowest BCUT2D eigenvalue weighted by Gasteiger charge is -2.27. The van der Waals surface area contributed by atoms with Gasteiger partial charge >= 0.3 is 0 Å². The fraction of sp³-hybridized carbons (Fsp3) is 0.885. The van der Waals surface area contributed by atoms with E-state index in [-0.39, 0.29) is 32.8 Å². The van der Waals surface area contributed by atoms with Crippen LogP contribution in [-0.2, 0) is 33.3 Å². The summed E-state index contributed by atoms with van der Waals surface area (Å²) in [5.41, 5.74) is 0. The van der Waals surface area contributed by atoms with Crippen molar-refractivity contribution in [3.05, 3.63) is 0 Å². The molecule has 3 amide bonds. The molecule has 0 heterocycles. The quantitative estimate of drug-likeness (QED) is 0.0329. The van der Waals surface area contributed by atoms with Gasteiger partial charge in [-0.2, -0.15) is 12.6 Å². The molecule has 0 saturated carbocycles. The minimum absolute atomic E-state index is 0.0257. The highest BCUT2D eigenvalue weighted by molar-refractivity contribution is 7.80. The summed E-state index contributed by atoms with van der Waals surface area (Å²) in [6.07, 6.45) is -3.46. The van der Waals surface area contributed by atoms with Crippen LogP contribution < -0.4 is 10.6 Å². The second-order valence-corrected chi connectivity index (χ2v) is 10.3. The third-order valence-electron chi connectivity index (χ3n) is 6.06. The Hall–Kier alpha value is -1.72. The van der Waals surface area contributed by atoms with E-state index in [2.05, 4.69) is 23.3 Å². The first-order chi connectivity index (χ1) is 21.6. The van der Waals surface area contributed by atoms with Crippen LogP contribution in [0.25, 0.3) is 0 Å². The summed E-state index contributed by atoms with van der Waals surface area (Å²) in [4.78, 5) is 39.9. The van der Waals surface area contributed by atoms with Crippen molar-refractivity contribution in [1.82, 2.24) is 15.5 Å². The molecule has 0 radical (unpaired) electrons. The molecule has 0 rings (SSSR count). The number of nitrogens with one attached hydrogen (secondary N) is 2. The van der Waals surface area contributed by atoms with Crippen LogP contribution in [0.5, 0.6) is 0 Å². The third-order valence-corrected chi connectivity index (χ3v) is 6.38. The Balaban J connectivity index is 5.63. The fourth-order valence-electron chi connectivity index (χ4n) is 3.44. The Labute approximate surface area is 267 Å². The van der Waals surface area contributed by atoms with Crippen molar-refractivity contribution in [1.29, 1.82) is 0 Å². The normalized spacial score (nSPS) is 11.9. The van der Waals surface area contributed by atoms with E-state index in [1.54, 1.807) is 0 Å². The van der Waals surface area contributed by atoms with Crippen LogP contribution in [0.4, 0.5) is 0 Å². The van der Waals surface area contributed by atoms with Gasteiger partial charge in [-0.1, -0.05) is 0 Å². The SMILES string of the molecule is O=C(CN(CC(=O)NC(COC(CO)CO)COC(CO)CO)C(=O)CCCS)NC(COC(CO)CO)COC(CO)CO. The van der Waals surface area contributed by atoms with Gasteiger partial charge in [0.05, 0.1) is 91.4 Å². The number of carbonyl (C=O) groups excluding carboxylic acids is 3. The fourth-order valence-corrected chi connectivity index (χ4v) is 3.60. The van der Waals surface area contributed by atoms with Gasteiger partial charge in [-0.3, -0.25) is 14.4 Å². The second kappa shape index (κ2) is 27.4. The Morgan fingerprint density at radius 1 is 0.556 bits per heavy atom. The topological polar surface area (TPSA) is 277 Å². The van der Waals surface area contributed by atoms with Gasteiger partial charge in [0.1, 0.15) is 37.5 Å². The summed E-state index contributed by atoms with van der Waals surface area (Å²) < 4.78 is 21.5. The number of hydrogen-bond acceptors (Lipinski definition) is 16. The van der Waals surface area contributed by atoms with Crippen LogP contribution in [0.3, 0.4) is 0 Å². The molecule has 0 aromatic heterocycles. The zero-order valence-electron chi connectivity index (χ0n) is 25.3. The molecule has 0 fully saturated rings. The lowest BCUT2D eigenvalue weighted by molar-refractivity contribution is -0.140. The first-order valence-electron chi connectivity index (χ1n) is 14.4. The molecule has 0 aromatic rings. The van der Waals surface area contributed by atoms with Crippen molar-refractivity contribution in [3.8, 4) is 0 Å². The molecule has 266 valence electrons. The van der Waals surface area contributed by atoms with Gasteiger partial charge in [-0.25, -0.2) is 0 Å². The molecule has 0 atom stereocenters. The first kappa shape index (κ1) is 43.3. The number of carbonyl (C=O) groups is 3. The average molecular weight is 678 g/mol. The lowest BCUT2D eigenvalue weighted by Crippen LogP contribution is -2.52. The van der Waals surface area contributed by atoms with Crippen LogP contribution in [0.1, 0.15) is 12.8 Å². The Morgan fingerprint density at radius 3 is 1.09 bits per heavy atom. The van der Waals surface area contributed by atoms with E-state index in [4.69, 9.17) is 18.9 Å². The molecule has 0 aliphatic heterocycles. The summed E-state index contributed by atoms with van der Waals surface area (Å²) in [7, 11) is 0. The van der Waals surface area contributed by atoms with Gasteiger partial charge in [-0.05, 0) is 12.2 Å². The predicted molar refractivity (Wildman–Crippen MR) is 159 cm³/mol. The minimum Gasteiger partial charge on any atom is -0.394 e. The van der Waals surface area contributed by atoms with E-state index in [9.17, 15) is 55.2 Å². The molecule has 19 heteroatoms. The van der Waals surface area contributed by atoms with E-state index in [1.165, 1.54) is 0 Å². The summed E-state index contributed by atoms with van der Waals surface area (Å²) in [6.45, 7) is -6.18. The molecule has 45 heavy (non-hydrogen) atoms. The molecule has 10 N–H and O–H groups in total. The summed E-state index contributed by atoms with van der Waals surface area (Å²) in [6, 6.07) is -1.81. The van der Waals surface area contributed by atoms with Crippen molar-refractivity contribution in [2.45, 2.75) is 49.3 Å². The molecule has 0 aromatic carbocycles. The van der Waals surface area contributed by atoms with E-state index in [0.29, 0.717) is 12.2 Å². The molecule has 0 unspecified atom stereocenters. The van der Waals surface area contributed by atoms with E-state index in [1.807, 2.05) is 0 Å². The number of ether oxygens (including phenoxy) is 4. The van der Waals surface area contributed by atoms with Crippen molar-refractivity contribution in [3.63, 3.8) is 0 Å². The number of aliphatic hydroxyl groups excluding tert-OH is 8. The van der Waals surface area contributed by atoms with Gasteiger partial charge in [0.15, 0.2) is 0 Å². The largest absolute Gasteiger partial charge is 0.394 e. The van der Waals surface area contributed by atoms with Gasteiger partial charge in [0, 0.05) is 6.42 Å². The monoisotopic (exact) mass is 677 g/mol. The van der Waals surface area contributed by atoms with Crippen molar-refractivity contribution in [2.24, 2.45) is 0 Å². The smallest absolute Gasteiger partial charge is 0.240 e. The lowest BCUT2D eigenvalue weighted by atomic mass is 10.2. The predicted octanol–water partition coefficient (Wildman–Crippen LogP) is -6.03. The van der Waals surface area contributed by atoms with Gasteiger partial charge in [-0.15, -0.1) is 0 Å². The molecule has 0 spiro atoms. The van der Waals surface area contributed by atoms with Crippen molar-refractivity contribution >= 4 is 30.4 Å². The standard InChI is InChI=1S/C26H51N3O15S/c30-6-20(7-31)41-14-18(15-42-21(8-32)9-33)27-24(38)4-29(26(40)2-1-3-45)5-25(39)28-19(16-43-22(10-34)11-35)17-44-23(12-36)13-37/h18-23,30-37,45H,1-17H2,(H,27,38)(H,28,39). The number of hydrogen-bond donors (Lipinski definition) is 11. The Bertz CT molecular complexity index is 688. The third kappa shape index (κ3) is 20.2. The van der Waals surface area contributed by atoms with Crippen LogP contribution in [0.2, 0.25) is 0 Å². The zero-order valence-corrected chi connectivity index (χ0v) is 26.2. The molecule has 0 bridgehead atoms.